The van der Waals surface area contributed by atoms with E-state index in [0.29, 0.717) is 5.75 Å². The predicted octanol–water partition coefficient (Wildman–Crippen LogP) is 2.00. The highest BCUT2D eigenvalue weighted by atomic mass is 79.9. The average molecular weight is 230 g/mol. The lowest BCUT2D eigenvalue weighted by Gasteiger charge is -2.04. The zero-order valence-electron chi connectivity index (χ0n) is 6.47. The predicted molar refractivity (Wildman–Crippen MR) is 47.5 cm³/mol. The summed E-state index contributed by atoms with van der Waals surface area (Å²) in [7, 11) is 0. The minimum Gasteiger partial charge on any atom is -0.507 e. The van der Waals surface area contributed by atoms with Crippen molar-refractivity contribution >= 4 is 15.9 Å². The van der Waals surface area contributed by atoms with Gasteiger partial charge in [0.25, 0.3) is 0 Å². The highest BCUT2D eigenvalue weighted by Crippen LogP contribution is 2.35. The average Bonchev–Trinajstić information content (AvgIpc) is 2.79. The summed E-state index contributed by atoms with van der Waals surface area (Å²) in [5.41, 5.74) is 4.29. The third kappa shape index (κ3) is 1.33. The van der Waals surface area contributed by atoms with Crippen molar-refractivity contribution in [3.8, 4) is 5.75 Å². The van der Waals surface area contributed by atoms with Gasteiger partial charge in [0, 0.05) is 10.0 Å². The lowest BCUT2D eigenvalue weighted by Crippen LogP contribution is -1.88. The number of aromatic hydroxyl groups is 1. The topological polar surface area (TPSA) is 54.7 Å². The number of hydroxylamine groups is 1. The summed E-state index contributed by atoms with van der Waals surface area (Å²) in [4.78, 5) is 4.85. The maximum atomic E-state index is 9.59. The molecule has 1 fully saturated rings. The van der Waals surface area contributed by atoms with E-state index in [-0.39, 0.29) is 6.23 Å². The van der Waals surface area contributed by atoms with Gasteiger partial charge in [0.05, 0.1) is 0 Å². The Morgan fingerprint density at radius 1 is 1.58 bits per heavy atom. The van der Waals surface area contributed by atoms with Gasteiger partial charge >= 0.3 is 0 Å². The quantitative estimate of drug-likeness (QED) is 0.725. The number of aryl methyl sites for hydroxylation is 1. The summed E-state index contributed by atoms with van der Waals surface area (Å²) >= 11 is 3.35. The fourth-order valence-corrected chi connectivity index (χ4v) is 1.71. The van der Waals surface area contributed by atoms with E-state index in [1.165, 1.54) is 0 Å². The summed E-state index contributed by atoms with van der Waals surface area (Å²) < 4.78 is 0.949. The third-order valence-corrected chi connectivity index (χ3v) is 2.27. The molecule has 4 heteroatoms. The van der Waals surface area contributed by atoms with Crippen LogP contribution in [0.2, 0.25) is 0 Å². The SMILES string of the molecule is Cc1cc(Br)cc(C2NO2)c1O. The van der Waals surface area contributed by atoms with Crippen LogP contribution in [0.25, 0.3) is 0 Å². The molecule has 2 rings (SSSR count). The van der Waals surface area contributed by atoms with Crippen molar-refractivity contribution in [2.24, 2.45) is 0 Å². The van der Waals surface area contributed by atoms with Gasteiger partial charge in [-0.15, -0.1) is 0 Å². The molecular weight excluding hydrogens is 222 g/mol. The van der Waals surface area contributed by atoms with Crippen LogP contribution >= 0.6 is 15.9 Å². The summed E-state index contributed by atoms with van der Waals surface area (Å²) in [5, 5.41) is 9.59. The first-order chi connectivity index (χ1) is 5.68. The van der Waals surface area contributed by atoms with Gasteiger partial charge in [-0.25, -0.2) is 0 Å². The summed E-state index contributed by atoms with van der Waals surface area (Å²) in [6, 6.07) is 3.70. The number of phenols is 1. The molecule has 64 valence electrons. The standard InChI is InChI=1S/C8H8BrNO2/c1-4-2-5(9)3-6(7(4)11)8-10-12-8/h2-3,8,10-11H,1H3. The number of rotatable bonds is 1. The molecule has 1 aliphatic rings. The Labute approximate surface area is 78.4 Å². The van der Waals surface area contributed by atoms with Gasteiger partial charge in [-0.05, 0) is 24.6 Å². The monoisotopic (exact) mass is 229 g/mol. The molecule has 12 heavy (non-hydrogen) atoms. The van der Waals surface area contributed by atoms with Crippen LogP contribution < -0.4 is 5.48 Å². The molecule has 0 radical (unpaired) electrons. The number of halogens is 1. The van der Waals surface area contributed by atoms with Crippen LogP contribution in [0.1, 0.15) is 17.4 Å². The molecule has 0 aliphatic carbocycles. The van der Waals surface area contributed by atoms with Crippen molar-refractivity contribution in [2.45, 2.75) is 13.2 Å². The first kappa shape index (κ1) is 8.04. The van der Waals surface area contributed by atoms with Crippen LogP contribution in [0.4, 0.5) is 0 Å². The lowest BCUT2D eigenvalue weighted by atomic mass is 10.1. The van der Waals surface area contributed by atoms with Crippen LogP contribution in [0.3, 0.4) is 0 Å². The van der Waals surface area contributed by atoms with Gasteiger partial charge in [-0.1, -0.05) is 15.9 Å². The van der Waals surface area contributed by atoms with Crippen LogP contribution in [-0.2, 0) is 4.84 Å². The van der Waals surface area contributed by atoms with E-state index >= 15 is 0 Å². The second-order valence-electron chi connectivity index (χ2n) is 2.78. The molecule has 1 heterocycles. The van der Waals surface area contributed by atoms with Gasteiger partial charge in [-0.3, -0.25) is 4.84 Å². The van der Waals surface area contributed by atoms with Gasteiger partial charge in [0.1, 0.15) is 5.75 Å². The van der Waals surface area contributed by atoms with E-state index in [2.05, 4.69) is 21.4 Å². The highest BCUT2D eigenvalue weighted by molar-refractivity contribution is 9.10. The molecule has 1 unspecified atom stereocenters. The van der Waals surface area contributed by atoms with Crippen molar-refractivity contribution in [3.63, 3.8) is 0 Å². The van der Waals surface area contributed by atoms with Crippen LogP contribution in [0.15, 0.2) is 16.6 Å². The van der Waals surface area contributed by atoms with Crippen LogP contribution in [0.5, 0.6) is 5.75 Å². The Morgan fingerprint density at radius 2 is 2.25 bits per heavy atom. The molecular formula is C8H8BrNO2. The number of nitrogens with one attached hydrogen (secondary N) is 1. The minimum absolute atomic E-state index is 0.138. The molecule has 0 bridgehead atoms. The number of benzene rings is 1. The molecule has 2 N–H and O–H groups in total. The van der Waals surface area contributed by atoms with E-state index in [1.54, 1.807) is 0 Å². The molecule has 3 nitrogen and oxygen atoms in total. The van der Waals surface area contributed by atoms with Crippen LogP contribution in [-0.4, -0.2) is 5.11 Å². The van der Waals surface area contributed by atoms with Crippen LogP contribution in [0, 0.1) is 6.92 Å². The van der Waals surface area contributed by atoms with Gasteiger partial charge in [0.15, 0.2) is 6.23 Å². The molecule has 1 atom stereocenters. The molecule has 1 aromatic carbocycles. The maximum Gasteiger partial charge on any atom is 0.180 e. The smallest absolute Gasteiger partial charge is 0.180 e. The zero-order chi connectivity index (χ0) is 8.72. The molecule has 1 aromatic rings. The second-order valence-corrected chi connectivity index (χ2v) is 3.69. The van der Waals surface area contributed by atoms with Gasteiger partial charge in [-0.2, -0.15) is 5.48 Å². The van der Waals surface area contributed by atoms with Gasteiger partial charge in [0.2, 0.25) is 0 Å². The Morgan fingerprint density at radius 3 is 2.83 bits per heavy atom. The van der Waals surface area contributed by atoms with E-state index in [4.69, 9.17) is 4.84 Å². The Bertz CT molecular complexity index is 323. The second kappa shape index (κ2) is 2.73. The number of hydrogen-bond donors (Lipinski definition) is 2. The first-order valence-electron chi connectivity index (χ1n) is 3.58. The van der Waals surface area contributed by atoms with Crippen molar-refractivity contribution in [1.29, 1.82) is 0 Å². The number of hydrogen-bond acceptors (Lipinski definition) is 3. The Kier molecular flexibility index (Phi) is 1.83. The van der Waals surface area contributed by atoms with E-state index in [9.17, 15) is 5.11 Å². The highest BCUT2D eigenvalue weighted by Gasteiger charge is 2.28. The van der Waals surface area contributed by atoms with Crippen molar-refractivity contribution < 1.29 is 9.94 Å². The lowest BCUT2D eigenvalue weighted by molar-refractivity contribution is 0.367. The Hall–Kier alpha value is -0.580. The first-order valence-corrected chi connectivity index (χ1v) is 4.38. The molecule has 0 saturated carbocycles. The van der Waals surface area contributed by atoms with Crippen molar-refractivity contribution in [3.05, 3.63) is 27.7 Å². The minimum atomic E-state index is -0.138. The molecule has 0 amide bonds. The fraction of sp³-hybridized carbons (Fsp3) is 0.250. The summed E-state index contributed by atoms with van der Waals surface area (Å²) in [6.45, 7) is 1.85. The molecule has 0 spiro atoms. The molecule has 1 aliphatic heterocycles. The molecule has 1 saturated heterocycles. The Balaban J connectivity index is 2.51. The summed E-state index contributed by atoms with van der Waals surface area (Å²) in [6.07, 6.45) is -0.138. The largest absolute Gasteiger partial charge is 0.507 e. The van der Waals surface area contributed by atoms with Crippen molar-refractivity contribution in [1.82, 2.24) is 5.48 Å². The van der Waals surface area contributed by atoms with E-state index in [0.717, 1.165) is 15.6 Å². The fourth-order valence-electron chi connectivity index (χ4n) is 1.12. The molecule has 0 aromatic heterocycles. The zero-order valence-corrected chi connectivity index (χ0v) is 8.05. The van der Waals surface area contributed by atoms with E-state index in [1.807, 2.05) is 19.1 Å². The number of phenolic OH excluding ortho intramolecular Hbond substituents is 1. The van der Waals surface area contributed by atoms with E-state index < -0.39 is 0 Å². The van der Waals surface area contributed by atoms with Crippen molar-refractivity contribution in [2.75, 3.05) is 0 Å². The normalized spacial score (nSPS) is 21.0. The summed E-state index contributed by atoms with van der Waals surface area (Å²) in [5.74, 6) is 0.299. The maximum absolute atomic E-state index is 9.59. The van der Waals surface area contributed by atoms with Gasteiger partial charge < -0.3 is 5.11 Å². The third-order valence-electron chi connectivity index (χ3n) is 1.81.